The Hall–Kier alpha value is -1.69. The molecule has 0 bridgehead atoms. The number of carbonyl (C=O) groups is 1. The molecule has 0 saturated heterocycles. The lowest BCUT2D eigenvalue weighted by molar-refractivity contribution is -0.126. The molecule has 1 aromatic heterocycles. The van der Waals surface area contributed by atoms with Crippen LogP contribution in [-0.2, 0) is 17.9 Å². The molecule has 1 aromatic rings. The van der Waals surface area contributed by atoms with Gasteiger partial charge in [-0.3, -0.25) is 9.69 Å². The van der Waals surface area contributed by atoms with Crippen LogP contribution in [0.3, 0.4) is 0 Å². The van der Waals surface area contributed by atoms with Crippen LogP contribution in [0, 0.1) is 0 Å². The Morgan fingerprint density at radius 1 is 1.32 bits per heavy atom. The quantitative estimate of drug-likeness (QED) is 0.806. The van der Waals surface area contributed by atoms with Gasteiger partial charge in [-0.2, -0.15) is 0 Å². The van der Waals surface area contributed by atoms with Gasteiger partial charge in [0.2, 0.25) is 5.91 Å². The number of hydrogen-bond donors (Lipinski definition) is 1. The summed E-state index contributed by atoms with van der Waals surface area (Å²) in [6.07, 6.45) is 10.9. The lowest BCUT2D eigenvalue weighted by Gasteiger charge is -2.32. The van der Waals surface area contributed by atoms with E-state index in [1.807, 2.05) is 6.92 Å². The Labute approximate surface area is 149 Å². The zero-order valence-corrected chi connectivity index (χ0v) is 15.2. The number of allylic oxidation sites excluding steroid dienone is 1. The zero-order chi connectivity index (χ0) is 17.2. The van der Waals surface area contributed by atoms with E-state index in [-0.39, 0.29) is 11.9 Å². The van der Waals surface area contributed by atoms with E-state index >= 15 is 0 Å². The Bertz CT molecular complexity index is 661. The van der Waals surface area contributed by atoms with Gasteiger partial charge in [-0.25, -0.2) is 0 Å². The lowest BCUT2D eigenvalue weighted by atomic mass is 9.97. The molecule has 1 unspecified atom stereocenters. The van der Waals surface area contributed by atoms with Gasteiger partial charge < -0.3 is 9.88 Å². The van der Waals surface area contributed by atoms with E-state index in [1.165, 1.54) is 44.1 Å². The standard InChI is InChI=1S/C19H29N5O/c1-14(19(25)20-10-9-15-5-3-2-4-6-15)23-11-12-24-17(13-23)21-22-18(24)16-7-8-16/h5,14,16H,2-4,6-13H2,1H3,(H,20,25). The van der Waals surface area contributed by atoms with Crippen LogP contribution in [0.15, 0.2) is 11.6 Å². The van der Waals surface area contributed by atoms with E-state index in [9.17, 15) is 4.79 Å². The second-order valence-electron chi connectivity index (χ2n) is 7.70. The molecule has 1 atom stereocenters. The maximum Gasteiger partial charge on any atom is 0.237 e. The van der Waals surface area contributed by atoms with Gasteiger partial charge in [0.1, 0.15) is 11.6 Å². The largest absolute Gasteiger partial charge is 0.354 e. The van der Waals surface area contributed by atoms with E-state index in [1.54, 1.807) is 0 Å². The monoisotopic (exact) mass is 343 g/mol. The highest BCUT2D eigenvalue weighted by Crippen LogP contribution is 2.39. The topological polar surface area (TPSA) is 63.1 Å². The number of hydrogen-bond acceptors (Lipinski definition) is 4. The third-order valence-corrected chi connectivity index (χ3v) is 5.81. The summed E-state index contributed by atoms with van der Waals surface area (Å²) in [6.45, 7) is 5.27. The molecule has 1 saturated carbocycles. The normalized spacial score (nSPS) is 22.2. The first-order valence-electron chi connectivity index (χ1n) is 9.84. The Balaban J connectivity index is 1.27. The summed E-state index contributed by atoms with van der Waals surface area (Å²) in [6, 6.07) is -0.116. The Kier molecular flexibility index (Phi) is 4.88. The van der Waals surface area contributed by atoms with Crippen LogP contribution in [0.2, 0.25) is 0 Å². The van der Waals surface area contributed by atoms with Gasteiger partial charge in [-0.15, -0.1) is 10.2 Å². The van der Waals surface area contributed by atoms with Crippen LogP contribution in [0.1, 0.15) is 69.4 Å². The summed E-state index contributed by atoms with van der Waals surface area (Å²) in [4.78, 5) is 14.7. The summed E-state index contributed by atoms with van der Waals surface area (Å²) in [5.74, 6) is 2.93. The van der Waals surface area contributed by atoms with Crippen molar-refractivity contribution in [3.05, 3.63) is 23.3 Å². The zero-order valence-electron chi connectivity index (χ0n) is 15.2. The van der Waals surface area contributed by atoms with Crippen LogP contribution in [0.4, 0.5) is 0 Å². The predicted molar refractivity (Wildman–Crippen MR) is 96.0 cm³/mol. The number of aromatic nitrogens is 3. The van der Waals surface area contributed by atoms with Gasteiger partial charge in [0.25, 0.3) is 0 Å². The summed E-state index contributed by atoms with van der Waals surface area (Å²) in [5.41, 5.74) is 1.51. The van der Waals surface area contributed by atoms with Gasteiger partial charge >= 0.3 is 0 Å². The molecular weight excluding hydrogens is 314 g/mol. The number of carbonyl (C=O) groups excluding carboxylic acids is 1. The van der Waals surface area contributed by atoms with E-state index < -0.39 is 0 Å². The summed E-state index contributed by atoms with van der Waals surface area (Å²) < 4.78 is 2.27. The second-order valence-corrected chi connectivity index (χ2v) is 7.70. The van der Waals surface area contributed by atoms with Crippen molar-refractivity contribution in [1.29, 1.82) is 0 Å². The summed E-state index contributed by atoms with van der Waals surface area (Å²) in [7, 11) is 0. The van der Waals surface area contributed by atoms with Crippen molar-refractivity contribution in [1.82, 2.24) is 25.0 Å². The smallest absolute Gasteiger partial charge is 0.237 e. The van der Waals surface area contributed by atoms with Gasteiger partial charge in [0.05, 0.1) is 12.6 Å². The van der Waals surface area contributed by atoms with Gasteiger partial charge in [-0.05, 0) is 51.9 Å². The summed E-state index contributed by atoms with van der Waals surface area (Å²) >= 11 is 0. The van der Waals surface area contributed by atoms with Crippen molar-refractivity contribution in [3.63, 3.8) is 0 Å². The van der Waals surface area contributed by atoms with E-state index in [0.717, 1.165) is 44.2 Å². The molecule has 3 aliphatic rings. The maximum atomic E-state index is 12.5. The fourth-order valence-corrected chi connectivity index (χ4v) is 3.96. The molecule has 2 aliphatic carbocycles. The third kappa shape index (κ3) is 3.78. The SMILES string of the molecule is CC(C(=O)NCCC1=CCCCC1)N1CCn2c(nnc2C2CC2)C1. The Morgan fingerprint density at radius 2 is 2.20 bits per heavy atom. The van der Waals surface area contributed by atoms with Gasteiger partial charge in [0, 0.05) is 25.6 Å². The molecule has 136 valence electrons. The Morgan fingerprint density at radius 3 is 2.96 bits per heavy atom. The van der Waals surface area contributed by atoms with Crippen molar-refractivity contribution in [2.24, 2.45) is 0 Å². The van der Waals surface area contributed by atoms with E-state index in [4.69, 9.17) is 0 Å². The minimum absolute atomic E-state index is 0.116. The number of amides is 1. The molecule has 0 spiro atoms. The molecule has 6 heteroatoms. The maximum absolute atomic E-state index is 12.5. The first kappa shape index (κ1) is 16.8. The highest BCUT2D eigenvalue weighted by Gasteiger charge is 2.33. The van der Waals surface area contributed by atoms with Gasteiger partial charge in [0.15, 0.2) is 0 Å². The number of fused-ring (bicyclic) bond motifs is 1. The van der Waals surface area contributed by atoms with E-state index in [2.05, 4.69) is 31.1 Å². The number of nitrogens with one attached hydrogen (secondary N) is 1. The first-order valence-corrected chi connectivity index (χ1v) is 9.84. The highest BCUT2D eigenvalue weighted by atomic mass is 16.2. The molecule has 1 fully saturated rings. The second kappa shape index (κ2) is 7.28. The lowest BCUT2D eigenvalue weighted by Crippen LogP contribution is -2.48. The minimum atomic E-state index is -0.116. The van der Waals surface area contributed by atoms with Crippen molar-refractivity contribution < 1.29 is 4.79 Å². The molecule has 1 aliphatic heterocycles. The molecule has 2 heterocycles. The fourth-order valence-electron chi connectivity index (χ4n) is 3.96. The molecule has 6 nitrogen and oxygen atoms in total. The van der Waals surface area contributed by atoms with Crippen LogP contribution in [0.25, 0.3) is 0 Å². The minimum Gasteiger partial charge on any atom is -0.354 e. The van der Waals surface area contributed by atoms with Crippen LogP contribution < -0.4 is 5.32 Å². The average Bonchev–Trinajstić information content (AvgIpc) is 3.40. The molecule has 1 N–H and O–H groups in total. The van der Waals surface area contributed by atoms with E-state index in [0.29, 0.717) is 5.92 Å². The molecule has 0 aromatic carbocycles. The van der Waals surface area contributed by atoms with Crippen LogP contribution in [-0.4, -0.2) is 44.7 Å². The van der Waals surface area contributed by atoms with Crippen molar-refractivity contribution in [2.45, 2.75) is 76.9 Å². The number of rotatable bonds is 6. The predicted octanol–water partition coefficient (Wildman–Crippen LogP) is 2.37. The molecule has 0 radical (unpaired) electrons. The molecular formula is C19H29N5O. The van der Waals surface area contributed by atoms with Crippen molar-refractivity contribution >= 4 is 5.91 Å². The number of nitrogens with zero attached hydrogens (tertiary/aromatic N) is 4. The van der Waals surface area contributed by atoms with Crippen molar-refractivity contribution in [3.8, 4) is 0 Å². The van der Waals surface area contributed by atoms with Crippen LogP contribution in [0.5, 0.6) is 0 Å². The van der Waals surface area contributed by atoms with Crippen molar-refractivity contribution in [2.75, 3.05) is 13.1 Å². The molecule has 25 heavy (non-hydrogen) atoms. The van der Waals surface area contributed by atoms with Gasteiger partial charge in [-0.1, -0.05) is 11.6 Å². The third-order valence-electron chi connectivity index (χ3n) is 5.81. The fraction of sp³-hybridized carbons (Fsp3) is 0.737. The molecule has 4 rings (SSSR count). The molecule has 1 amide bonds. The average molecular weight is 343 g/mol. The highest BCUT2D eigenvalue weighted by molar-refractivity contribution is 5.81. The van der Waals surface area contributed by atoms with Crippen LogP contribution >= 0.6 is 0 Å². The first-order chi connectivity index (χ1) is 12.2. The summed E-state index contributed by atoms with van der Waals surface area (Å²) in [5, 5.41) is 11.9.